The maximum absolute atomic E-state index is 13.9. The smallest absolute Gasteiger partial charge is 0.335 e. The average molecular weight is 533 g/mol. The Morgan fingerprint density at radius 3 is 2.29 bits per heavy atom. The fraction of sp³-hybridized carbons (Fsp3) is 0.0690. The average Bonchev–Trinajstić information content (AvgIpc) is 3.29. The second kappa shape index (κ2) is 10.4. The lowest BCUT2D eigenvalue weighted by Crippen LogP contribution is -2.23. The number of amides is 1. The minimum Gasteiger partial charge on any atom is -0.478 e. The predicted molar refractivity (Wildman–Crippen MR) is 138 cm³/mol. The summed E-state index contributed by atoms with van der Waals surface area (Å²) >= 11 is 6.12. The van der Waals surface area contributed by atoms with E-state index in [4.69, 9.17) is 21.2 Å². The van der Waals surface area contributed by atoms with Crippen molar-refractivity contribution in [3.63, 3.8) is 0 Å². The van der Waals surface area contributed by atoms with Crippen molar-refractivity contribution in [2.24, 2.45) is 0 Å². The van der Waals surface area contributed by atoms with Crippen molar-refractivity contribution in [1.29, 1.82) is 0 Å². The molecule has 0 aliphatic carbocycles. The van der Waals surface area contributed by atoms with Crippen LogP contribution in [0.15, 0.2) is 83.4 Å². The van der Waals surface area contributed by atoms with Crippen molar-refractivity contribution in [2.45, 2.75) is 13.0 Å². The first kappa shape index (κ1) is 25.1. The molecule has 2 N–H and O–H groups in total. The van der Waals surface area contributed by atoms with Crippen molar-refractivity contribution in [3.05, 3.63) is 123 Å². The van der Waals surface area contributed by atoms with Crippen molar-refractivity contribution in [1.82, 2.24) is 10.5 Å². The molecule has 0 fully saturated rings. The number of nitrogens with one attached hydrogen (secondary N) is 1. The largest absolute Gasteiger partial charge is 0.478 e. The highest BCUT2D eigenvalue weighted by molar-refractivity contribution is 6.30. The number of carbonyl (C=O) groups is 2. The summed E-state index contributed by atoms with van der Waals surface area (Å²) in [6, 6.07) is 19.5. The van der Waals surface area contributed by atoms with Crippen molar-refractivity contribution in [2.75, 3.05) is 0 Å². The van der Waals surface area contributed by atoms with Gasteiger partial charge in [-0.2, -0.15) is 0 Å². The molecule has 0 bridgehead atoms. The zero-order chi connectivity index (χ0) is 26.8. The fourth-order valence-electron chi connectivity index (χ4n) is 4.20. The van der Waals surface area contributed by atoms with Gasteiger partial charge >= 0.3 is 5.97 Å². The second-order valence-electron chi connectivity index (χ2n) is 8.68. The Hall–Kier alpha value is -4.56. The van der Waals surface area contributed by atoms with Gasteiger partial charge in [0.15, 0.2) is 5.58 Å². The molecule has 0 saturated heterocycles. The van der Waals surface area contributed by atoms with Crippen molar-refractivity contribution in [3.8, 4) is 11.1 Å². The van der Waals surface area contributed by atoms with E-state index >= 15 is 0 Å². The normalized spacial score (nSPS) is 11.0. The topological polar surface area (TPSA) is 92.4 Å². The van der Waals surface area contributed by atoms with E-state index in [9.17, 15) is 18.4 Å². The second-order valence-corrected chi connectivity index (χ2v) is 9.11. The Morgan fingerprint density at radius 1 is 0.895 bits per heavy atom. The third-order valence-corrected chi connectivity index (χ3v) is 6.24. The van der Waals surface area contributed by atoms with E-state index in [1.54, 1.807) is 36.4 Å². The lowest BCUT2D eigenvalue weighted by atomic mass is 9.97. The molecule has 0 spiro atoms. The molecule has 0 aliphatic rings. The number of hydrogen-bond donors (Lipinski definition) is 2. The van der Waals surface area contributed by atoms with E-state index in [2.05, 4.69) is 10.5 Å². The molecule has 4 aromatic carbocycles. The third kappa shape index (κ3) is 5.40. The van der Waals surface area contributed by atoms with Gasteiger partial charge in [-0.05, 0) is 70.8 Å². The van der Waals surface area contributed by atoms with Gasteiger partial charge in [-0.1, -0.05) is 41.0 Å². The molecule has 0 atom stereocenters. The van der Waals surface area contributed by atoms with Crippen LogP contribution in [-0.4, -0.2) is 22.1 Å². The van der Waals surface area contributed by atoms with E-state index < -0.39 is 23.5 Å². The first-order chi connectivity index (χ1) is 18.3. The molecule has 1 aromatic heterocycles. The first-order valence-corrected chi connectivity index (χ1v) is 11.9. The number of carboxylic acid groups (broad SMARTS) is 1. The van der Waals surface area contributed by atoms with Crippen LogP contribution in [0, 0.1) is 11.6 Å². The monoisotopic (exact) mass is 532 g/mol. The van der Waals surface area contributed by atoms with Crippen molar-refractivity contribution < 1.29 is 28.0 Å². The molecule has 9 heteroatoms. The standard InChI is InChI=1S/C29H19ClF2N2O4/c30-21-3-1-2-17(8-21)9-25-27-24(28(35)33-15-16-4-6-18(7-5-16)29(36)37)12-20(13-26(27)38-34-25)19-10-22(31)14-23(32)11-19/h1-8,10-14H,9,15H2,(H,33,35)(H,36,37). The van der Waals surface area contributed by atoms with E-state index in [1.165, 1.54) is 30.3 Å². The molecule has 38 heavy (non-hydrogen) atoms. The molecule has 0 aliphatic heterocycles. The van der Waals surface area contributed by atoms with Crippen LogP contribution >= 0.6 is 11.6 Å². The maximum Gasteiger partial charge on any atom is 0.335 e. The van der Waals surface area contributed by atoms with E-state index in [-0.39, 0.29) is 28.8 Å². The van der Waals surface area contributed by atoms with Gasteiger partial charge in [-0.25, -0.2) is 13.6 Å². The van der Waals surface area contributed by atoms with Crippen LogP contribution in [0.1, 0.15) is 37.5 Å². The Bertz CT molecular complexity index is 1660. The van der Waals surface area contributed by atoms with E-state index in [1.807, 2.05) is 6.07 Å². The number of aromatic carboxylic acids is 1. The van der Waals surface area contributed by atoms with Crippen LogP contribution in [0.4, 0.5) is 8.78 Å². The Balaban J connectivity index is 1.54. The molecular weight excluding hydrogens is 514 g/mol. The Kier molecular flexibility index (Phi) is 6.89. The van der Waals surface area contributed by atoms with Gasteiger partial charge in [-0.3, -0.25) is 4.79 Å². The molecular formula is C29H19ClF2N2O4. The maximum atomic E-state index is 13.9. The van der Waals surface area contributed by atoms with Gasteiger partial charge in [0, 0.05) is 24.1 Å². The van der Waals surface area contributed by atoms with Crippen LogP contribution < -0.4 is 5.32 Å². The van der Waals surface area contributed by atoms with Crippen LogP contribution in [0.3, 0.4) is 0 Å². The summed E-state index contributed by atoms with van der Waals surface area (Å²) in [4.78, 5) is 24.5. The summed E-state index contributed by atoms with van der Waals surface area (Å²) in [5, 5.41) is 17.1. The highest BCUT2D eigenvalue weighted by atomic mass is 35.5. The van der Waals surface area contributed by atoms with Gasteiger partial charge in [0.25, 0.3) is 5.91 Å². The zero-order valence-corrected chi connectivity index (χ0v) is 20.4. The molecule has 0 saturated carbocycles. The third-order valence-electron chi connectivity index (χ3n) is 6.00. The van der Waals surface area contributed by atoms with Crippen molar-refractivity contribution >= 4 is 34.4 Å². The van der Waals surface area contributed by atoms with Crippen LogP contribution in [-0.2, 0) is 13.0 Å². The van der Waals surface area contributed by atoms with Crippen LogP contribution in [0.5, 0.6) is 0 Å². The van der Waals surface area contributed by atoms with Crippen LogP contribution in [0.2, 0.25) is 5.02 Å². The predicted octanol–water partition coefficient (Wildman–Crippen LogP) is 6.65. The lowest BCUT2D eigenvalue weighted by Gasteiger charge is -2.10. The Labute approximate surface area is 220 Å². The van der Waals surface area contributed by atoms with E-state index in [0.717, 1.165) is 11.6 Å². The van der Waals surface area contributed by atoms with Gasteiger partial charge < -0.3 is 14.9 Å². The lowest BCUT2D eigenvalue weighted by molar-refractivity contribution is 0.0696. The van der Waals surface area contributed by atoms with Crippen LogP contribution in [0.25, 0.3) is 22.1 Å². The number of carbonyl (C=O) groups excluding carboxylic acids is 1. The molecule has 190 valence electrons. The molecule has 1 heterocycles. The number of hydrogen-bond acceptors (Lipinski definition) is 4. The molecule has 6 nitrogen and oxygen atoms in total. The zero-order valence-electron chi connectivity index (χ0n) is 19.7. The number of benzene rings is 4. The minimum atomic E-state index is -1.05. The van der Waals surface area contributed by atoms with Gasteiger partial charge in [0.2, 0.25) is 0 Å². The molecule has 5 rings (SSSR count). The summed E-state index contributed by atoms with van der Waals surface area (Å²) in [5.41, 5.74) is 3.26. The highest BCUT2D eigenvalue weighted by Crippen LogP contribution is 2.32. The summed E-state index contributed by atoms with van der Waals surface area (Å²) in [6.07, 6.45) is 0.332. The quantitative estimate of drug-likeness (QED) is 0.245. The first-order valence-electron chi connectivity index (χ1n) is 11.5. The number of carboxylic acids is 1. The molecule has 0 unspecified atom stereocenters. The SMILES string of the molecule is O=C(O)c1ccc(CNC(=O)c2cc(-c3cc(F)cc(F)c3)cc3onc(Cc4cccc(Cl)c4)c23)cc1. The number of halogens is 3. The number of fused-ring (bicyclic) bond motifs is 1. The summed E-state index contributed by atoms with van der Waals surface area (Å²) < 4.78 is 33.5. The number of rotatable bonds is 7. The Morgan fingerprint density at radius 2 is 1.61 bits per heavy atom. The van der Waals surface area contributed by atoms with E-state index in [0.29, 0.717) is 33.7 Å². The van der Waals surface area contributed by atoms with Gasteiger partial charge in [-0.15, -0.1) is 0 Å². The molecule has 1 amide bonds. The molecule has 5 aromatic rings. The summed E-state index contributed by atoms with van der Waals surface area (Å²) in [6.45, 7) is 0.119. The minimum absolute atomic E-state index is 0.119. The number of nitrogens with zero attached hydrogens (tertiary/aromatic N) is 1. The van der Waals surface area contributed by atoms with Gasteiger partial charge in [0.05, 0.1) is 22.2 Å². The highest BCUT2D eigenvalue weighted by Gasteiger charge is 2.21. The summed E-state index contributed by atoms with van der Waals surface area (Å²) in [5.74, 6) is -3.02. The van der Waals surface area contributed by atoms with Gasteiger partial charge in [0.1, 0.15) is 11.6 Å². The number of aromatic nitrogens is 1. The summed E-state index contributed by atoms with van der Waals surface area (Å²) in [7, 11) is 0. The fourth-order valence-corrected chi connectivity index (χ4v) is 4.42. The molecule has 0 radical (unpaired) electrons.